The van der Waals surface area contributed by atoms with Crippen molar-refractivity contribution in [2.24, 2.45) is 22.7 Å². The zero-order valence-corrected chi connectivity index (χ0v) is 12.3. The van der Waals surface area contributed by atoms with Crippen molar-refractivity contribution in [1.29, 1.82) is 0 Å². The van der Waals surface area contributed by atoms with Crippen LogP contribution in [-0.2, 0) is 4.74 Å². The highest BCUT2D eigenvalue weighted by molar-refractivity contribution is 5.12. The maximum atomic E-state index is 5.72. The summed E-state index contributed by atoms with van der Waals surface area (Å²) in [5, 5.41) is 3.78. The van der Waals surface area contributed by atoms with Crippen LogP contribution in [0.2, 0.25) is 0 Å². The van der Waals surface area contributed by atoms with Crippen LogP contribution >= 0.6 is 0 Å². The van der Waals surface area contributed by atoms with Crippen LogP contribution in [0, 0.1) is 22.7 Å². The molecule has 3 aliphatic rings. The molecule has 0 aromatic heterocycles. The molecule has 1 N–H and O–H groups in total. The van der Waals surface area contributed by atoms with Gasteiger partial charge in [0.05, 0.1) is 6.61 Å². The fourth-order valence-electron chi connectivity index (χ4n) is 4.35. The van der Waals surface area contributed by atoms with E-state index in [9.17, 15) is 0 Å². The van der Waals surface area contributed by atoms with Crippen LogP contribution in [0.5, 0.6) is 0 Å². The molecule has 18 heavy (non-hydrogen) atoms. The van der Waals surface area contributed by atoms with Gasteiger partial charge in [-0.3, -0.25) is 0 Å². The van der Waals surface area contributed by atoms with Gasteiger partial charge in [-0.15, -0.1) is 0 Å². The minimum Gasteiger partial charge on any atom is -0.380 e. The summed E-state index contributed by atoms with van der Waals surface area (Å²) in [7, 11) is 0. The van der Waals surface area contributed by atoms with Gasteiger partial charge in [-0.05, 0) is 54.8 Å². The Balaban J connectivity index is 1.43. The van der Waals surface area contributed by atoms with Gasteiger partial charge in [0.2, 0.25) is 0 Å². The van der Waals surface area contributed by atoms with Gasteiger partial charge in [-0.1, -0.05) is 20.8 Å². The smallest absolute Gasteiger partial charge is 0.0591 e. The van der Waals surface area contributed by atoms with Crippen LogP contribution in [0.15, 0.2) is 0 Å². The van der Waals surface area contributed by atoms with Crippen molar-refractivity contribution in [3.05, 3.63) is 0 Å². The summed E-state index contributed by atoms with van der Waals surface area (Å²) in [6.45, 7) is 10.4. The normalized spacial score (nSPS) is 41.5. The third-order valence-corrected chi connectivity index (χ3v) is 6.48. The predicted octanol–water partition coefficient (Wildman–Crippen LogP) is 3.22. The molecule has 3 rings (SSSR count). The largest absolute Gasteiger partial charge is 0.380 e. The molecule has 3 unspecified atom stereocenters. The van der Waals surface area contributed by atoms with Gasteiger partial charge in [0.15, 0.2) is 0 Å². The molecule has 0 heterocycles. The van der Waals surface area contributed by atoms with Crippen LogP contribution in [0.4, 0.5) is 0 Å². The Morgan fingerprint density at radius 3 is 2.50 bits per heavy atom. The molecule has 2 heteroatoms. The van der Waals surface area contributed by atoms with E-state index in [1.54, 1.807) is 0 Å². The van der Waals surface area contributed by atoms with Crippen LogP contribution in [0.25, 0.3) is 0 Å². The molecular weight excluding hydrogens is 222 g/mol. The number of hydrogen-bond acceptors (Lipinski definition) is 2. The summed E-state index contributed by atoms with van der Waals surface area (Å²) in [4.78, 5) is 0. The third-order valence-electron chi connectivity index (χ3n) is 6.48. The molecule has 0 aromatic rings. The van der Waals surface area contributed by atoms with Crippen molar-refractivity contribution < 1.29 is 4.74 Å². The molecule has 3 atom stereocenters. The minimum atomic E-state index is 0.508. The lowest BCUT2D eigenvalue weighted by Crippen LogP contribution is -2.45. The summed E-state index contributed by atoms with van der Waals surface area (Å²) in [5.74, 6) is 1.83. The molecule has 3 saturated carbocycles. The quantitative estimate of drug-likeness (QED) is 0.732. The van der Waals surface area contributed by atoms with Gasteiger partial charge in [0.1, 0.15) is 0 Å². The fourth-order valence-corrected chi connectivity index (χ4v) is 4.35. The van der Waals surface area contributed by atoms with Gasteiger partial charge in [0.25, 0.3) is 0 Å². The summed E-state index contributed by atoms with van der Waals surface area (Å²) in [6, 6.07) is 0.718. The Hall–Kier alpha value is -0.0800. The van der Waals surface area contributed by atoms with Crippen molar-refractivity contribution in [3.63, 3.8) is 0 Å². The number of fused-ring (bicyclic) bond motifs is 2. The topological polar surface area (TPSA) is 21.3 Å². The van der Waals surface area contributed by atoms with Crippen LogP contribution in [0.1, 0.15) is 52.9 Å². The first-order valence-electron chi connectivity index (χ1n) is 7.85. The summed E-state index contributed by atoms with van der Waals surface area (Å²) < 4.78 is 5.72. The summed E-state index contributed by atoms with van der Waals surface area (Å²) in [6.07, 6.45) is 7.02. The SMILES string of the molecule is CC1(C)C2CCC1(C)C(NCCOCC1CC1)C2. The maximum absolute atomic E-state index is 5.72. The summed E-state index contributed by atoms with van der Waals surface area (Å²) >= 11 is 0. The average molecular weight is 251 g/mol. The van der Waals surface area contributed by atoms with E-state index in [0.29, 0.717) is 10.8 Å². The average Bonchev–Trinajstić information content (AvgIpc) is 3.08. The second-order valence-corrected chi connectivity index (χ2v) is 7.64. The van der Waals surface area contributed by atoms with Gasteiger partial charge >= 0.3 is 0 Å². The Morgan fingerprint density at radius 2 is 1.94 bits per heavy atom. The molecule has 3 fully saturated rings. The van der Waals surface area contributed by atoms with E-state index in [2.05, 4.69) is 26.1 Å². The third kappa shape index (κ3) is 2.02. The lowest BCUT2D eigenvalue weighted by molar-refractivity contribution is 0.0990. The second-order valence-electron chi connectivity index (χ2n) is 7.64. The van der Waals surface area contributed by atoms with Crippen molar-refractivity contribution in [2.75, 3.05) is 19.8 Å². The molecule has 2 bridgehead atoms. The highest BCUT2D eigenvalue weighted by Gasteiger charge is 2.60. The van der Waals surface area contributed by atoms with Crippen molar-refractivity contribution in [2.45, 2.75) is 58.9 Å². The zero-order valence-electron chi connectivity index (χ0n) is 12.3. The van der Waals surface area contributed by atoms with Crippen molar-refractivity contribution in [3.8, 4) is 0 Å². The van der Waals surface area contributed by atoms with E-state index in [0.717, 1.165) is 37.6 Å². The Kier molecular flexibility index (Phi) is 3.22. The highest BCUT2D eigenvalue weighted by atomic mass is 16.5. The monoisotopic (exact) mass is 251 g/mol. The molecule has 0 radical (unpaired) electrons. The molecule has 3 aliphatic carbocycles. The number of ether oxygens (including phenoxy) is 1. The van der Waals surface area contributed by atoms with E-state index in [4.69, 9.17) is 4.74 Å². The highest BCUT2D eigenvalue weighted by Crippen LogP contribution is 2.65. The van der Waals surface area contributed by atoms with Gasteiger partial charge in [0, 0.05) is 19.2 Å². The first-order chi connectivity index (χ1) is 8.54. The number of hydrogen-bond donors (Lipinski definition) is 1. The van der Waals surface area contributed by atoms with Crippen molar-refractivity contribution >= 4 is 0 Å². The molecule has 0 aliphatic heterocycles. The lowest BCUT2D eigenvalue weighted by Gasteiger charge is -2.39. The lowest BCUT2D eigenvalue weighted by atomic mass is 9.69. The first-order valence-corrected chi connectivity index (χ1v) is 7.85. The van der Waals surface area contributed by atoms with E-state index >= 15 is 0 Å². The van der Waals surface area contributed by atoms with E-state index in [1.807, 2.05) is 0 Å². The Morgan fingerprint density at radius 1 is 1.17 bits per heavy atom. The van der Waals surface area contributed by atoms with Gasteiger partial charge < -0.3 is 10.1 Å². The van der Waals surface area contributed by atoms with Crippen LogP contribution in [-0.4, -0.2) is 25.8 Å². The Bertz CT molecular complexity index is 310. The standard InChI is InChI=1S/C16H29NO/c1-15(2)13-6-7-16(15,3)14(10-13)17-8-9-18-11-12-4-5-12/h12-14,17H,4-11H2,1-3H3. The molecule has 0 amide bonds. The molecule has 0 saturated heterocycles. The van der Waals surface area contributed by atoms with Crippen LogP contribution in [0.3, 0.4) is 0 Å². The van der Waals surface area contributed by atoms with Gasteiger partial charge in [-0.25, -0.2) is 0 Å². The van der Waals surface area contributed by atoms with Gasteiger partial charge in [-0.2, -0.15) is 0 Å². The number of rotatable bonds is 6. The van der Waals surface area contributed by atoms with E-state index < -0.39 is 0 Å². The predicted molar refractivity (Wildman–Crippen MR) is 74.6 cm³/mol. The molecule has 0 aromatic carbocycles. The van der Waals surface area contributed by atoms with Crippen LogP contribution < -0.4 is 5.32 Å². The molecule has 0 spiro atoms. The first kappa shape index (κ1) is 12.9. The number of nitrogens with one attached hydrogen (secondary N) is 1. The maximum Gasteiger partial charge on any atom is 0.0591 e. The van der Waals surface area contributed by atoms with E-state index in [-0.39, 0.29) is 0 Å². The molecular formula is C16H29NO. The van der Waals surface area contributed by atoms with Crippen molar-refractivity contribution in [1.82, 2.24) is 5.32 Å². The fraction of sp³-hybridized carbons (Fsp3) is 1.00. The Labute approximate surface area is 112 Å². The minimum absolute atomic E-state index is 0.508. The molecule has 2 nitrogen and oxygen atoms in total. The zero-order chi connectivity index (χ0) is 12.8. The summed E-state index contributed by atoms with van der Waals surface area (Å²) in [5.41, 5.74) is 1.04. The second kappa shape index (κ2) is 4.49. The molecule has 104 valence electrons. The van der Waals surface area contributed by atoms with E-state index in [1.165, 1.54) is 32.1 Å².